The van der Waals surface area contributed by atoms with Crippen LogP contribution in [-0.4, -0.2) is 12.6 Å². The molecule has 0 bridgehead atoms. The summed E-state index contributed by atoms with van der Waals surface area (Å²) in [5.41, 5.74) is 7.88. The monoisotopic (exact) mass is 480 g/mol. The topological polar surface area (TPSA) is 94.6 Å². The van der Waals surface area contributed by atoms with Crippen molar-refractivity contribution >= 4 is 29.2 Å². The van der Waals surface area contributed by atoms with Crippen molar-refractivity contribution in [3.63, 3.8) is 0 Å². The van der Waals surface area contributed by atoms with Gasteiger partial charge in [-0.1, -0.05) is 47.5 Å². The van der Waals surface area contributed by atoms with E-state index in [0.717, 1.165) is 0 Å². The van der Waals surface area contributed by atoms with E-state index in [1.807, 2.05) is 6.92 Å². The molecule has 3 aromatic carbocycles. The van der Waals surface area contributed by atoms with Crippen LogP contribution in [0.25, 0.3) is 0 Å². The van der Waals surface area contributed by atoms with Crippen LogP contribution >= 0.6 is 23.2 Å². The lowest BCUT2D eigenvalue weighted by molar-refractivity contribution is 0.0730. The Hall–Kier alpha value is -3.66. The molecule has 6 nitrogen and oxygen atoms in total. The van der Waals surface area contributed by atoms with Crippen molar-refractivity contribution < 1.29 is 19.0 Å². The molecular formula is C25H18Cl2N2O4. The molecule has 166 valence electrons. The summed E-state index contributed by atoms with van der Waals surface area (Å²) < 4.78 is 16.8. The number of esters is 1. The van der Waals surface area contributed by atoms with Crippen LogP contribution in [0.15, 0.2) is 72.1 Å². The fourth-order valence-corrected chi connectivity index (χ4v) is 4.15. The first-order valence-corrected chi connectivity index (χ1v) is 10.8. The molecule has 8 heteroatoms. The zero-order valence-corrected chi connectivity index (χ0v) is 19.0. The summed E-state index contributed by atoms with van der Waals surface area (Å²) >= 11 is 12.5. The number of nitriles is 1. The average Bonchev–Trinajstić information content (AvgIpc) is 2.79. The summed E-state index contributed by atoms with van der Waals surface area (Å²) in [6.07, 6.45) is 0. The van der Waals surface area contributed by atoms with Crippen LogP contribution in [0.2, 0.25) is 10.0 Å². The number of nitrogens with zero attached hydrogens (tertiary/aromatic N) is 1. The fraction of sp³-hybridized carbons (Fsp3) is 0.120. The van der Waals surface area contributed by atoms with Gasteiger partial charge in [-0.05, 0) is 42.8 Å². The summed E-state index contributed by atoms with van der Waals surface area (Å²) in [6, 6.07) is 18.9. The highest BCUT2D eigenvalue weighted by Gasteiger charge is 2.32. The first-order chi connectivity index (χ1) is 15.9. The van der Waals surface area contributed by atoms with Crippen molar-refractivity contribution in [1.82, 2.24) is 0 Å². The van der Waals surface area contributed by atoms with Crippen molar-refractivity contribution in [2.45, 2.75) is 12.8 Å². The van der Waals surface area contributed by atoms with Gasteiger partial charge in [-0.15, -0.1) is 0 Å². The molecule has 0 saturated heterocycles. The number of benzene rings is 3. The summed E-state index contributed by atoms with van der Waals surface area (Å²) in [7, 11) is 0. The van der Waals surface area contributed by atoms with E-state index in [1.165, 1.54) is 0 Å². The maximum absolute atomic E-state index is 12.8. The van der Waals surface area contributed by atoms with Crippen LogP contribution in [0, 0.1) is 11.3 Å². The van der Waals surface area contributed by atoms with Crippen molar-refractivity contribution in [2.75, 3.05) is 6.61 Å². The highest BCUT2D eigenvalue weighted by molar-refractivity contribution is 6.35. The Morgan fingerprint density at radius 1 is 1.12 bits per heavy atom. The van der Waals surface area contributed by atoms with E-state index < -0.39 is 11.9 Å². The third-order valence-corrected chi connectivity index (χ3v) is 5.64. The van der Waals surface area contributed by atoms with Gasteiger partial charge in [-0.25, -0.2) is 4.79 Å². The molecule has 1 aliphatic heterocycles. The van der Waals surface area contributed by atoms with E-state index in [2.05, 4.69) is 6.07 Å². The fourth-order valence-electron chi connectivity index (χ4n) is 3.63. The molecule has 0 radical (unpaired) electrons. The van der Waals surface area contributed by atoms with Gasteiger partial charge in [0, 0.05) is 21.7 Å². The molecule has 0 aromatic heterocycles. The van der Waals surface area contributed by atoms with E-state index in [4.69, 9.17) is 43.1 Å². The number of halogens is 2. The standard InChI is InChI=1S/C25H18Cl2N2O4/c1-2-31-21-6-4-3-5-18(21)25(30)32-15-8-10-17-22(12-15)33-24(29)19(13-28)23(17)16-9-7-14(26)11-20(16)27/h3-12,23H,2,29H2,1H3. The molecular weight excluding hydrogens is 463 g/mol. The lowest BCUT2D eigenvalue weighted by Crippen LogP contribution is -2.21. The molecule has 1 heterocycles. The number of carbonyl (C=O) groups excluding carboxylic acids is 1. The van der Waals surface area contributed by atoms with Gasteiger partial charge in [0.15, 0.2) is 0 Å². The number of para-hydroxylation sites is 1. The quantitative estimate of drug-likeness (QED) is 0.364. The molecule has 0 fully saturated rings. The van der Waals surface area contributed by atoms with E-state index in [0.29, 0.717) is 44.8 Å². The minimum atomic E-state index is -0.576. The van der Waals surface area contributed by atoms with Crippen molar-refractivity contribution in [3.8, 4) is 23.3 Å². The Balaban J connectivity index is 1.70. The Kier molecular flexibility index (Phi) is 6.45. The minimum absolute atomic E-state index is 0.0498. The van der Waals surface area contributed by atoms with Crippen LogP contribution in [0.5, 0.6) is 17.2 Å². The van der Waals surface area contributed by atoms with Gasteiger partial charge in [0.25, 0.3) is 0 Å². The number of allylic oxidation sites excluding steroid dienone is 1. The average molecular weight is 481 g/mol. The predicted octanol–water partition coefficient (Wildman–Crippen LogP) is 5.83. The summed E-state index contributed by atoms with van der Waals surface area (Å²) in [5, 5.41) is 10.6. The molecule has 4 rings (SSSR count). The number of nitrogens with two attached hydrogens (primary N) is 1. The van der Waals surface area contributed by atoms with Gasteiger partial charge in [-0.2, -0.15) is 5.26 Å². The maximum Gasteiger partial charge on any atom is 0.347 e. The van der Waals surface area contributed by atoms with Crippen LogP contribution in [0.4, 0.5) is 0 Å². The molecule has 2 N–H and O–H groups in total. The number of carbonyl (C=O) groups is 1. The lowest BCUT2D eigenvalue weighted by Gasteiger charge is -2.27. The number of ether oxygens (including phenoxy) is 3. The number of hydrogen-bond acceptors (Lipinski definition) is 6. The smallest absolute Gasteiger partial charge is 0.347 e. The number of rotatable bonds is 5. The van der Waals surface area contributed by atoms with E-state index >= 15 is 0 Å². The second kappa shape index (κ2) is 9.45. The van der Waals surface area contributed by atoms with Gasteiger partial charge in [-0.3, -0.25) is 0 Å². The molecule has 1 aliphatic rings. The van der Waals surface area contributed by atoms with Crippen LogP contribution in [-0.2, 0) is 0 Å². The molecule has 3 aromatic rings. The minimum Gasteiger partial charge on any atom is -0.493 e. The summed E-state index contributed by atoms with van der Waals surface area (Å²) in [5.74, 6) is -0.154. The van der Waals surface area contributed by atoms with Crippen molar-refractivity contribution in [2.24, 2.45) is 5.73 Å². The predicted molar refractivity (Wildman–Crippen MR) is 125 cm³/mol. The van der Waals surface area contributed by atoms with Crippen LogP contribution in [0.1, 0.15) is 34.3 Å². The first-order valence-electron chi connectivity index (χ1n) is 10.0. The normalized spacial score (nSPS) is 14.7. The van der Waals surface area contributed by atoms with Crippen molar-refractivity contribution in [3.05, 3.63) is 98.9 Å². The van der Waals surface area contributed by atoms with Crippen LogP contribution < -0.4 is 19.9 Å². The third-order valence-electron chi connectivity index (χ3n) is 5.08. The molecule has 1 atom stereocenters. The van der Waals surface area contributed by atoms with Crippen LogP contribution in [0.3, 0.4) is 0 Å². The largest absolute Gasteiger partial charge is 0.493 e. The number of hydrogen-bond donors (Lipinski definition) is 1. The van der Waals surface area contributed by atoms with Crippen molar-refractivity contribution in [1.29, 1.82) is 5.26 Å². The van der Waals surface area contributed by atoms with Gasteiger partial charge < -0.3 is 19.9 Å². The Morgan fingerprint density at radius 3 is 2.61 bits per heavy atom. The van der Waals surface area contributed by atoms with Gasteiger partial charge in [0.2, 0.25) is 5.88 Å². The van der Waals surface area contributed by atoms with Gasteiger partial charge in [0.1, 0.15) is 34.5 Å². The Bertz CT molecular complexity index is 1310. The molecule has 33 heavy (non-hydrogen) atoms. The lowest BCUT2D eigenvalue weighted by atomic mass is 9.83. The highest BCUT2D eigenvalue weighted by atomic mass is 35.5. The SMILES string of the molecule is CCOc1ccccc1C(=O)Oc1ccc2c(c1)OC(N)=C(C#N)C2c1ccc(Cl)cc1Cl. The Morgan fingerprint density at radius 2 is 1.88 bits per heavy atom. The zero-order valence-electron chi connectivity index (χ0n) is 17.5. The second-order valence-corrected chi connectivity index (χ2v) is 7.95. The Labute approximate surface area is 200 Å². The van der Waals surface area contributed by atoms with Gasteiger partial charge >= 0.3 is 5.97 Å². The van der Waals surface area contributed by atoms with E-state index in [9.17, 15) is 10.1 Å². The molecule has 0 amide bonds. The highest BCUT2D eigenvalue weighted by Crippen LogP contribution is 2.45. The zero-order chi connectivity index (χ0) is 23.5. The number of fused-ring (bicyclic) bond motifs is 1. The first kappa shape index (κ1) is 22.5. The second-order valence-electron chi connectivity index (χ2n) is 7.11. The van der Waals surface area contributed by atoms with E-state index in [1.54, 1.807) is 60.7 Å². The summed E-state index contributed by atoms with van der Waals surface area (Å²) in [6.45, 7) is 2.25. The maximum atomic E-state index is 12.8. The molecule has 1 unspecified atom stereocenters. The summed E-state index contributed by atoms with van der Waals surface area (Å²) in [4.78, 5) is 12.8. The molecule has 0 aliphatic carbocycles. The molecule has 0 saturated carbocycles. The molecule has 0 spiro atoms. The van der Waals surface area contributed by atoms with E-state index in [-0.39, 0.29) is 17.2 Å². The third kappa shape index (κ3) is 4.47. The van der Waals surface area contributed by atoms with Gasteiger partial charge in [0.05, 0.1) is 12.5 Å².